The third-order valence-electron chi connectivity index (χ3n) is 3.84. The number of carbonyl (C=O) groups is 2. The fourth-order valence-electron chi connectivity index (χ4n) is 2.48. The normalized spacial score (nSPS) is 11.0. The highest BCUT2D eigenvalue weighted by Gasteiger charge is 2.14. The molecule has 0 spiro atoms. The highest BCUT2D eigenvalue weighted by molar-refractivity contribution is 9.10. The molecule has 0 saturated carbocycles. The van der Waals surface area contributed by atoms with Gasteiger partial charge in [-0.1, -0.05) is 39.7 Å². The minimum absolute atomic E-state index is 0.0157. The minimum atomic E-state index is -1.13. The number of carboxylic acids is 1. The number of aromatic carboxylic acids is 1. The molecule has 2 aromatic carbocycles. The van der Waals surface area contributed by atoms with Crippen LogP contribution < -0.4 is 5.32 Å². The van der Waals surface area contributed by atoms with Crippen LogP contribution in [0.4, 0.5) is 5.69 Å². The average molecular weight is 472 g/mol. The lowest BCUT2D eigenvalue weighted by Crippen LogP contribution is -2.13. The minimum Gasteiger partial charge on any atom is -0.478 e. The van der Waals surface area contributed by atoms with Gasteiger partial charge in [0.05, 0.1) is 10.6 Å². The van der Waals surface area contributed by atoms with Crippen LogP contribution in [-0.2, 0) is 4.79 Å². The molecule has 6 nitrogen and oxygen atoms in total. The first kappa shape index (κ1) is 20.4. The molecule has 0 unspecified atom stereocenters. The van der Waals surface area contributed by atoms with Gasteiger partial charge in [-0.15, -0.1) is 0 Å². The second kappa shape index (κ2) is 8.78. The Kier molecular flexibility index (Phi) is 6.17. The molecule has 29 heavy (non-hydrogen) atoms. The predicted octanol–water partition coefficient (Wildman–Crippen LogP) is 5.61. The van der Waals surface area contributed by atoms with Crippen molar-refractivity contribution in [2.24, 2.45) is 0 Å². The van der Waals surface area contributed by atoms with Gasteiger partial charge in [0.15, 0.2) is 0 Å². The van der Waals surface area contributed by atoms with Crippen LogP contribution in [0.1, 0.15) is 16.1 Å². The van der Waals surface area contributed by atoms with Crippen LogP contribution in [0.3, 0.4) is 0 Å². The summed E-state index contributed by atoms with van der Waals surface area (Å²) < 4.78 is 6.45. The van der Waals surface area contributed by atoms with E-state index in [1.807, 2.05) is 12.1 Å². The van der Waals surface area contributed by atoms with Crippen molar-refractivity contribution >= 4 is 51.2 Å². The van der Waals surface area contributed by atoms with Gasteiger partial charge in [-0.05, 0) is 42.5 Å². The number of furan rings is 1. The lowest BCUT2D eigenvalue weighted by molar-refractivity contribution is -0.112. The number of halogens is 2. The molecule has 0 aliphatic rings. The van der Waals surface area contributed by atoms with E-state index in [0.29, 0.717) is 22.8 Å². The number of carboxylic acid groups (broad SMARTS) is 1. The first-order chi connectivity index (χ1) is 13.9. The average Bonchev–Trinajstić information content (AvgIpc) is 3.14. The molecule has 1 aromatic heterocycles. The van der Waals surface area contributed by atoms with Crippen molar-refractivity contribution in [3.05, 3.63) is 81.0 Å². The van der Waals surface area contributed by atoms with E-state index < -0.39 is 11.9 Å². The Morgan fingerprint density at radius 3 is 2.62 bits per heavy atom. The van der Waals surface area contributed by atoms with E-state index >= 15 is 0 Å². The van der Waals surface area contributed by atoms with E-state index in [1.165, 1.54) is 18.2 Å². The van der Waals surface area contributed by atoms with Crippen LogP contribution in [0, 0.1) is 11.3 Å². The van der Waals surface area contributed by atoms with Crippen LogP contribution >= 0.6 is 27.5 Å². The molecule has 1 amide bonds. The number of carbonyl (C=O) groups excluding carboxylic acids is 1. The molecule has 0 aliphatic heterocycles. The number of rotatable bonds is 5. The van der Waals surface area contributed by atoms with Crippen LogP contribution in [0.15, 0.2) is 69.1 Å². The van der Waals surface area contributed by atoms with Gasteiger partial charge in [-0.25, -0.2) is 4.79 Å². The third kappa shape index (κ3) is 4.93. The summed E-state index contributed by atoms with van der Waals surface area (Å²) in [4.78, 5) is 23.4. The Morgan fingerprint density at radius 1 is 1.17 bits per heavy atom. The lowest BCUT2D eigenvalue weighted by atomic mass is 10.1. The molecule has 2 N–H and O–H groups in total. The molecular weight excluding hydrogens is 460 g/mol. The summed E-state index contributed by atoms with van der Waals surface area (Å²) in [7, 11) is 0. The number of hydrogen-bond acceptors (Lipinski definition) is 4. The van der Waals surface area contributed by atoms with Gasteiger partial charge in [-0.3, -0.25) is 4.79 Å². The van der Waals surface area contributed by atoms with Gasteiger partial charge in [0.25, 0.3) is 5.91 Å². The maximum Gasteiger partial charge on any atom is 0.337 e. The molecule has 0 fully saturated rings. The summed E-state index contributed by atoms with van der Waals surface area (Å²) in [5.41, 5.74) is 0.957. The molecule has 0 atom stereocenters. The van der Waals surface area contributed by atoms with Crippen LogP contribution in [0.5, 0.6) is 0 Å². The van der Waals surface area contributed by atoms with Crippen molar-refractivity contribution in [3.63, 3.8) is 0 Å². The van der Waals surface area contributed by atoms with E-state index in [0.717, 1.165) is 4.47 Å². The van der Waals surface area contributed by atoms with Crippen molar-refractivity contribution in [1.82, 2.24) is 0 Å². The Hall–Kier alpha value is -3.34. The Morgan fingerprint density at radius 2 is 1.97 bits per heavy atom. The summed E-state index contributed by atoms with van der Waals surface area (Å²) in [6.45, 7) is 0. The first-order valence-electron chi connectivity index (χ1n) is 8.19. The molecule has 0 bridgehead atoms. The standard InChI is InChI=1S/C21H12BrClN2O4/c22-14-2-1-3-15(10-14)25-20(26)13(11-24)8-16-5-7-19(29-16)12-4-6-17(21(27)28)18(23)9-12/h1-10H,(H,25,26)(H,27,28)/b13-8-. The second-order valence-electron chi connectivity index (χ2n) is 5.84. The van der Waals surface area contributed by atoms with Crippen molar-refractivity contribution in [2.75, 3.05) is 5.32 Å². The quantitative estimate of drug-likeness (QED) is 0.372. The van der Waals surface area contributed by atoms with E-state index in [1.54, 1.807) is 36.4 Å². The maximum atomic E-state index is 12.4. The number of amides is 1. The molecule has 1 heterocycles. The number of benzene rings is 2. The molecule has 3 rings (SSSR count). The predicted molar refractivity (Wildman–Crippen MR) is 112 cm³/mol. The van der Waals surface area contributed by atoms with Gasteiger partial charge in [0, 0.05) is 21.8 Å². The number of hydrogen-bond donors (Lipinski definition) is 2. The summed E-state index contributed by atoms with van der Waals surface area (Å²) in [5.74, 6) is -0.990. The second-order valence-corrected chi connectivity index (χ2v) is 7.16. The maximum absolute atomic E-state index is 12.4. The van der Waals surface area contributed by atoms with E-state index in [-0.39, 0.29) is 16.2 Å². The van der Waals surface area contributed by atoms with Gasteiger partial charge in [0.2, 0.25) is 0 Å². The molecule has 3 aromatic rings. The topological polar surface area (TPSA) is 103 Å². The zero-order chi connectivity index (χ0) is 21.0. The fraction of sp³-hybridized carbons (Fsp3) is 0. The Balaban J connectivity index is 1.82. The van der Waals surface area contributed by atoms with Crippen molar-refractivity contribution in [1.29, 1.82) is 5.26 Å². The highest BCUT2D eigenvalue weighted by atomic mass is 79.9. The zero-order valence-corrected chi connectivity index (χ0v) is 17.0. The van der Waals surface area contributed by atoms with Crippen LogP contribution in [-0.4, -0.2) is 17.0 Å². The van der Waals surface area contributed by atoms with Crippen LogP contribution in [0.2, 0.25) is 5.02 Å². The van der Waals surface area contributed by atoms with Crippen molar-refractivity contribution in [2.45, 2.75) is 0 Å². The third-order valence-corrected chi connectivity index (χ3v) is 4.65. The Bertz CT molecular complexity index is 1180. The van der Waals surface area contributed by atoms with Gasteiger partial charge in [-0.2, -0.15) is 5.26 Å². The van der Waals surface area contributed by atoms with E-state index in [4.69, 9.17) is 21.1 Å². The number of nitriles is 1. The number of nitrogens with one attached hydrogen (secondary N) is 1. The zero-order valence-electron chi connectivity index (χ0n) is 14.6. The summed E-state index contributed by atoms with van der Waals surface area (Å²) in [6, 6.07) is 16.5. The van der Waals surface area contributed by atoms with Crippen LogP contribution in [0.25, 0.3) is 17.4 Å². The van der Waals surface area contributed by atoms with Gasteiger partial charge >= 0.3 is 5.97 Å². The molecular formula is C21H12BrClN2O4. The molecule has 144 valence electrons. The first-order valence-corrected chi connectivity index (χ1v) is 9.36. The summed E-state index contributed by atoms with van der Waals surface area (Å²) in [6.07, 6.45) is 1.32. The largest absolute Gasteiger partial charge is 0.478 e. The molecule has 0 aliphatic carbocycles. The smallest absolute Gasteiger partial charge is 0.337 e. The number of nitrogens with zero attached hydrogens (tertiary/aromatic N) is 1. The van der Waals surface area contributed by atoms with E-state index in [2.05, 4.69) is 21.2 Å². The summed E-state index contributed by atoms with van der Waals surface area (Å²) in [5, 5.41) is 21.1. The fourth-order valence-corrected chi connectivity index (χ4v) is 3.14. The lowest BCUT2D eigenvalue weighted by Gasteiger charge is -2.04. The SMILES string of the molecule is N#C/C(=C/c1ccc(-c2ccc(C(=O)O)c(Cl)c2)o1)C(=O)Nc1cccc(Br)c1. The highest BCUT2D eigenvalue weighted by Crippen LogP contribution is 2.28. The number of anilines is 1. The Labute approximate surface area is 179 Å². The molecule has 8 heteroatoms. The van der Waals surface area contributed by atoms with E-state index in [9.17, 15) is 14.9 Å². The monoisotopic (exact) mass is 470 g/mol. The van der Waals surface area contributed by atoms with Gasteiger partial charge in [0.1, 0.15) is 23.2 Å². The van der Waals surface area contributed by atoms with Crippen molar-refractivity contribution in [3.8, 4) is 17.4 Å². The molecule has 0 saturated heterocycles. The summed E-state index contributed by atoms with van der Waals surface area (Å²) >= 11 is 9.30. The van der Waals surface area contributed by atoms with Gasteiger partial charge < -0.3 is 14.8 Å². The molecule has 0 radical (unpaired) electrons. The van der Waals surface area contributed by atoms with Crippen molar-refractivity contribution < 1.29 is 19.1 Å².